The van der Waals surface area contributed by atoms with Gasteiger partial charge in [0.15, 0.2) is 0 Å². The van der Waals surface area contributed by atoms with E-state index in [0.717, 1.165) is 5.69 Å². The number of benzene rings is 2. The number of carbonyl (C=O) groups excluding carboxylic acids is 1. The number of hydrogen-bond donors (Lipinski definition) is 0. The Labute approximate surface area is 157 Å². The lowest BCUT2D eigenvalue weighted by molar-refractivity contribution is -0.384. The fourth-order valence-corrected chi connectivity index (χ4v) is 3.08. The van der Waals surface area contributed by atoms with Crippen molar-refractivity contribution in [2.45, 2.75) is 0 Å². The maximum absolute atomic E-state index is 12.8. The highest BCUT2D eigenvalue weighted by Crippen LogP contribution is 2.25. The topological polar surface area (TPSA) is 85.2 Å². The predicted molar refractivity (Wildman–Crippen MR) is 101 cm³/mol. The molecule has 1 heterocycles. The summed E-state index contributed by atoms with van der Waals surface area (Å²) in [7, 11) is 3.09. The molecule has 0 spiro atoms. The van der Waals surface area contributed by atoms with E-state index in [1.807, 2.05) is 11.0 Å². The van der Waals surface area contributed by atoms with Crippen LogP contribution in [0.3, 0.4) is 0 Å². The highest BCUT2D eigenvalue weighted by molar-refractivity contribution is 5.95. The lowest BCUT2D eigenvalue weighted by Crippen LogP contribution is -2.48. The first-order valence-corrected chi connectivity index (χ1v) is 8.53. The van der Waals surface area contributed by atoms with Gasteiger partial charge in [0.2, 0.25) is 0 Å². The van der Waals surface area contributed by atoms with E-state index < -0.39 is 4.92 Å². The quantitative estimate of drug-likeness (QED) is 0.593. The van der Waals surface area contributed by atoms with Gasteiger partial charge >= 0.3 is 0 Å². The van der Waals surface area contributed by atoms with Gasteiger partial charge in [0.25, 0.3) is 11.6 Å². The first-order chi connectivity index (χ1) is 13.0. The molecule has 8 heteroatoms. The number of nitro benzene ring substituents is 1. The molecule has 0 aromatic heterocycles. The predicted octanol–water partition coefficient (Wildman–Crippen LogP) is 2.57. The molecule has 0 radical (unpaired) electrons. The summed E-state index contributed by atoms with van der Waals surface area (Å²) in [4.78, 5) is 27.2. The smallest absolute Gasteiger partial charge is 0.271 e. The number of hydrogen-bond acceptors (Lipinski definition) is 6. The van der Waals surface area contributed by atoms with E-state index in [0.29, 0.717) is 43.2 Å². The molecule has 8 nitrogen and oxygen atoms in total. The van der Waals surface area contributed by atoms with Gasteiger partial charge in [-0.25, -0.2) is 0 Å². The van der Waals surface area contributed by atoms with E-state index in [1.165, 1.54) is 6.07 Å². The Hall–Kier alpha value is -3.29. The van der Waals surface area contributed by atoms with Crippen LogP contribution in [0, 0.1) is 10.1 Å². The van der Waals surface area contributed by atoms with Crippen molar-refractivity contribution in [3.8, 4) is 11.5 Å². The van der Waals surface area contributed by atoms with Crippen LogP contribution in [0.5, 0.6) is 11.5 Å². The summed E-state index contributed by atoms with van der Waals surface area (Å²) in [5.74, 6) is 1.03. The largest absolute Gasteiger partial charge is 0.497 e. The second-order valence-corrected chi connectivity index (χ2v) is 6.16. The van der Waals surface area contributed by atoms with Crippen LogP contribution in [-0.2, 0) is 0 Å². The van der Waals surface area contributed by atoms with Crippen LogP contribution in [0.1, 0.15) is 10.4 Å². The average Bonchev–Trinajstić information content (AvgIpc) is 2.73. The summed E-state index contributed by atoms with van der Waals surface area (Å²) >= 11 is 0. The molecule has 0 N–H and O–H groups in total. The zero-order valence-electron chi connectivity index (χ0n) is 15.3. The van der Waals surface area contributed by atoms with Crippen molar-refractivity contribution in [3.05, 3.63) is 58.1 Å². The number of piperazine rings is 1. The Balaban J connectivity index is 1.69. The van der Waals surface area contributed by atoms with Crippen molar-refractivity contribution < 1.29 is 19.2 Å². The second kappa shape index (κ2) is 7.94. The van der Waals surface area contributed by atoms with Gasteiger partial charge in [0.1, 0.15) is 11.5 Å². The zero-order valence-corrected chi connectivity index (χ0v) is 15.3. The number of methoxy groups -OCH3 is 2. The van der Waals surface area contributed by atoms with Crippen LogP contribution in [0.15, 0.2) is 42.5 Å². The molecule has 1 aliphatic heterocycles. The minimum absolute atomic E-state index is 0.0643. The number of carbonyl (C=O) groups is 1. The number of non-ortho nitro benzene ring substituents is 1. The van der Waals surface area contributed by atoms with Crippen molar-refractivity contribution in [2.75, 3.05) is 45.3 Å². The molecule has 1 saturated heterocycles. The Morgan fingerprint density at radius 2 is 1.63 bits per heavy atom. The number of nitrogens with zero attached hydrogens (tertiary/aromatic N) is 3. The Morgan fingerprint density at radius 3 is 2.19 bits per heavy atom. The van der Waals surface area contributed by atoms with Gasteiger partial charge in [-0.3, -0.25) is 14.9 Å². The molecule has 0 atom stereocenters. The van der Waals surface area contributed by atoms with Crippen LogP contribution in [-0.4, -0.2) is 56.1 Å². The van der Waals surface area contributed by atoms with E-state index >= 15 is 0 Å². The van der Waals surface area contributed by atoms with Crippen LogP contribution in [0.4, 0.5) is 11.4 Å². The Morgan fingerprint density at radius 1 is 1.00 bits per heavy atom. The first kappa shape index (κ1) is 18.5. The van der Waals surface area contributed by atoms with E-state index in [1.54, 1.807) is 49.5 Å². The monoisotopic (exact) mass is 371 g/mol. The molecule has 0 aliphatic carbocycles. The van der Waals surface area contributed by atoms with Gasteiger partial charge in [-0.2, -0.15) is 0 Å². The minimum atomic E-state index is -0.403. The summed E-state index contributed by atoms with van der Waals surface area (Å²) in [6.07, 6.45) is 0. The molecule has 0 bridgehead atoms. The normalized spacial score (nSPS) is 14.0. The number of ether oxygens (including phenoxy) is 2. The molecule has 3 rings (SSSR count). The third kappa shape index (κ3) is 4.11. The summed E-state index contributed by atoms with van der Waals surface area (Å²) in [5.41, 5.74) is 1.36. The molecule has 2 aromatic carbocycles. The van der Waals surface area contributed by atoms with Crippen molar-refractivity contribution >= 4 is 17.3 Å². The van der Waals surface area contributed by atoms with Gasteiger partial charge in [0.05, 0.1) is 19.1 Å². The molecule has 1 aliphatic rings. The number of nitro groups is 1. The Kier molecular flexibility index (Phi) is 5.44. The Bertz CT molecular complexity index is 825. The SMILES string of the molecule is COc1cc(OC)cc(C(=O)N2CCN(c3cccc([N+](=O)[O-])c3)CC2)c1. The third-order valence-electron chi connectivity index (χ3n) is 4.57. The van der Waals surface area contributed by atoms with Crippen LogP contribution in [0.25, 0.3) is 0 Å². The molecule has 2 aromatic rings. The van der Waals surface area contributed by atoms with Gasteiger partial charge in [0, 0.05) is 55.6 Å². The van der Waals surface area contributed by atoms with Gasteiger partial charge < -0.3 is 19.3 Å². The highest BCUT2D eigenvalue weighted by atomic mass is 16.6. The van der Waals surface area contributed by atoms with E-state index in [2.05, 4.69) is 0 Å². The molecular formula is C19H21N3O5. The third-order valence-corrected chi connectivity index (χ3v) is 4.57. The molecule has 142 valence electrons. The summed E-state index contributed by atoms with van der Waals surface area (Å²) in [6.45, 7) is 2.27. The number of rotatable bonds is 5. The van der Waals surface area contributed by atoms with Gasteiger partial charge in [-0.15, -0.1) is 0 Å². The number of anilines is 1. The van der Waals surface area contributed by atoms with Crippen molar-refractivity contribution in [3.63, 3.8) is 0 Å². The molecule has 27 heavy (non-hydrogen) atoms. The van der Waals surface area contributed by atoms with Gasteiger partial charge in [-0.05, 0) is 18.2 Å². The molecule has 0 unspecified atom stereocenters. The molecule has 0 saturated carbocycles. The van der Waals surface area contributed by atoms with Gasteiger partial charge in [-0.1, -0.05) is 6.07 Å². The van der Waals surface area contributed by atoms with E-state index in [4.69, 9.17) is 9.47 Å². The number of amides is 1. The highest BCUT2D eigenvalue weighted by Gasteiger charge is 2.24. The fraction of sp³-hybridized carbons (Fsp3) is 0.316. The molecule has 1 fully saturated rings. The van der Waals surface area contributed by atoms with E-state index in [9.17, 15) is 14.9 Å². The maximum Gasteiger partial charge on any atom is 0.271 e. The summed E-state index contributed by atoms with van der Waals surface area (Å²) in [5, 5.41) is 11.0. The van der Waals surface area contributed by atoms with Crippen LogP contribution >= 0.6 is 0 Å². The van der Waals surface area contributed by atoms with Crippen molar-refractivity contribution in [1.82, 2.24) is 4.90 Å². The second-order valence-electron chi connectivity index (χ2n) is 6.16. The zero-order chi connectivity index (χ0) is 19.4. The lowest BCUT2D eigenvalue weighted by atomic mass is 10.1. The van der Waals surface area contributed by atoms with Crippen molar-refractivity contribution in [1.29, 1.82) is 0 Å². The summed E-state index contributed by atoms with van der Waals surface area (Å²) < 4.78 is 10.5. The minimum Gasteiger partial charge on any atom is -0.497 e. The average molecular weight is 371 g/mol. The molecular weight excluding hydrogens is 350 g/mol. The lowest BCUT2D eigenvalue weighted by Gasteiger charge is -2.36. The maximum atomic E-state index is 12.8. The molecule has 1 amide bonds. The summed E-state index contributed by atoms with van der Waals surface area (Å²) in [6, 6.07) is 11.7. The first-order valence-electron chi connectivity index (χ1n) is 8.53. The standard InChI is InChI=1S/C19H21N3O5/c1-26-17-10-14(11-18(13-17)27-2)19(23)21-8-6-20(7-9-21)15-4-3-5-16(12-15)22(24)25/h3-5,10-13H,6-9H2,1-2H3. The fourth-order valence-electron chi connectivity index (χ4n) is 3.08. The van der Waals surface area contributed by atoms with Crippen LogP contribution < -0.4 is 14.4 Å². The van der Waals surface area contributed by atoms with Crippen LogP contribution in [0.2, 0.25) is 0 Å². The van der Waals surface area contributed by atoms with E-state index in [-0.39, 0.29) is 11.6 Å². The van der Waals surface area contributed by atoms with Crippen molar-refractivity contribution in [2.24, 2.45) is 0 Å².